The zero-order chi connectivity index (χ0) is 16.9. The highest BCUT2D eigenvalue weighted by Crippen LogP contribution is 2.23. The van der Waals surface area contributed by atoms with Crippen LogP contribution in [0.15, 0.2) is 36.7 Å². The summed E-state index contributed by atoms with van der Waals surface area (Å²) in [4.78, 5) is 20.5. The molecular weight excluding hydrogens is 288 g/mol. The van der Waals surface area contributed by atoms with Crippen molar-refractivity contribution in [3.8, 4) is 0 Å². The predicted molar refractivity (Wildman–Crippen MR) is 93.9 cm³/mol. The van der Waals surface area contributed by atoms with Gasteiger partial charge in [-0.2, -0.15) is 0 Å². The lowest BCUT2D eigenvalue weighted by Crippen LogP contribution is -2.14. The third-order valence-electron chi connectivity index (χ3n) is 3.46. The average Bonchev–Trinajstić information content (AvgIpc) is 2.53. The number of carbonyl (C=O) groups is 1. The van der Waals surface area contributed by atoms with Gasteiger partial charge < -0.3 is 10.6 Å². The Morgan fingerprint density at radius 1 is 1.09 bits per heavy atom. The molecular formula is C18H24N4O. The summed E-state index contributed by atoms with van der Waals surface area (Å²) < 4.78 is 0. The number of hydrogen-bond acceptors (Lipinski definition) is 4. The van der Waals surface area contributed by atoms with Crippen molar-refractivity contribution in [2.45, 2.75) is 39.5 Å². The van der Waals surface area contributed by atoms with Gasteiger partial charge in [-0.15, -0.1) is 0 Å². The molecule has 1 aromatic heterocycles. The van der Waals surface area contributed by atoms with Crippen LogP contribution in [-0.2, 0) is 5.41 Å². The summed E-state index contributed by atoms with van der Waals surface area (Å²) >= 11 is 0. The Hall–Kier alpha value is -2.43. The molecule has 5 nitrogen and oxygen atoms in total. The minimum absolute atomic E-state index is 0.0949. The number of hydrogen-bond donors (Lipinski definition) is 2. The minimum Gasteiger partial charge on any atom is -0.354 e. The SMILES string of the molecule is CCCNc1ncc(C(=O)Nc2ccc(C(C)(C)C)cc2)cn1. The van der Waals surface area contributed by atoms with Gasteiger partial charge in [0.1, 0.15) is 0 Å². The van der Waals surface area contributed by atoms with E-state index in [-0.39, 0.29) is 11.3 Å². The van der Waals surface area contributed by atoms with Gasteiger partial charge in [0.2, 0.25) is 5.95 Å². The fraction of sp³-hybridized carbons (Fsp3) is 0.389. The Labute approximate surface area is 137 Å². The Kier molecular flexibility index (Phi) is 5.32. The zero-order valence-corrected chi connectivity index (χ0v) is 14.2. The molecule has 23 heavy (non-hydrogen) atoms. The van der Waals surface area contributed by atoms with Gasteiger partial charge >= 0.3 is 0 Å². The van der Waals surface area contributed by atoms with E-state index in [0.29, 0.717) is 11.5 Å². The van der Waals surface area contributed by atoms with Gasteiger partial charge in [0.05, 0.1) is 5.56 Å². The molecule has 2 rings (SSSR count). The van der Waals surface area contributed by atoms with E-state index in [2.05, 4.69) is 48.3 Å². The monoisotopic (exact) mass is 312 g/mol. The fourth-order valence-electron chi connectivity index (χ4n) is 2.03. The summed E-state index contributed by atoms with van der Waals surface area (Å²) in [5.41, 5.74) is 2.52. The standard InChI is InChI=1S/C18H24N4O/c1-5-10-19-17-20-11-13(12-21-17)16(23)22-15-8-6-14(7-9-15)18(2,3)4/h6-9,11-12H,5,10H2,1-4H3,(H,22,23)(H,19,20,21). The van der Waals surface area contributed by atoms with E-state index in [0.717, 1.165) is 18.7 Å². The van der Waals surface area contributed by atoms with Crippen LogP contribution in [-0.4, -0.2) is 22.4 Å². The molecule has 2 aromatic rings. The van der Waals surface area contributed by atoms with Crippen LogP contribution in [0.4, 0.5) is 11.6 Å². The molecule has 0 aliphatic rings. The molecule has 0 fully saturated rings. The lowest BCUT2D eigenvalue weighted by Gasteiger charge is -2.19. The van der Waals surface area contributed by atoms with Gasteiger partial charge in [-0.05, 0) is 29.5 Å². The summed E-state index contributed by atoms with van der Waals surface area (Å²) in [6.07, 6.45) is 4.06. The van der Waals surface area contributed by atoms with Crippen LogP contribution in [0.25, 0.3) is 0 Å². The average molecular weight is 312 g/mol. The van der Waals surface area contributed by atoms with E-state index in [4.69, 9.17) is 0 Å². The molecule has 0 spiro atoms. The highest BCUT2D eigenvalue weighted by molar-refractivity contribution is 6.03. The van der Waals surface area contributed by atoms with Crippen LogP contribution in [0.1, 0.15) is 50.0 Å². The third kappa shape index (κ3) is 4.77. The first-order valence-electron chi connectivity index (χ1n) is 7.88. The van der Waals surface area contributed by atoms with Crippen molar-refractivity contribution in [1.82, 2.24) is 9.97 Å². The predicted octanol–water partition coefficient (Wildman–Crippen LogP) is 3.85. The van der Waals surface area contributed by atoms with Gasteiger partial charge in [-0.25, -0.2) is 9.97 Å². The molecule has 0 aliphatic carbocycles. The topological polar surface area (TPSA) is 66.9 Å². The molecule has 0 atom stereocenters. The molecule has 1 heterocycles. The molecule has 5 heteroatoms. The largest absolute Gasteiger partial charge is 0.354 e. The van der Waals surface area contributed by atoms with Crippen molar-refractivity contribution in [2.24, 2.45) is 0 Å². The maximum absolute atomic E-state index is 12.2. The number of anilines is 2. The number of carbonyl (C=O) groups excluding carboxylic acids is 1. The number of nitrogens with zero attached hydrogens (tertiary/aromatic N) is 2. The van der Waals surface area contributed by atoms with Gasteiger partial charge in [-0.3, -0.25) is 4.79 Å². The Morgan fingerprint density at radius 2 is 1.70 bits per heavy atom. The minimum atomic E-state index is -0.212. The van der Waals surface area contributed by atoms with E-state index in [1.54, 1.807) is 0 Å². The van der Waals surface area contributed by atoms with Gasteiger partial charge in [0.15, 0.2) is 0 Å². The summed E-state index contributed by atoms with van der Waals surface area (Å²) in [6, 6.07) is 7.89. The third-order valence-corrected chi connectivity index (χ3v) is 3.46. The number of benzene rings is 1. The lowest BCUT2D eigenvalue weighted by molar-refractivity contribution is 0.102. The molecule has 0 bridgehead atoms. The van der Waals surface area contributed by atoms with Crippen LogP contribution < -0.4 is 10.6 Å². The smallest absolute Gasteiger partial charge is 0.258 e. The van der Waals surface area contributed by atoms with Crippen molar-refractivity contribution in [1.29, 1.82) is 0 Å². The first-order chi connectivity index (χ1) is 10.9. The molecule has 0 saturated heterocycles. The lowest BCUT2D eigenvalue weighted by atomic mass is 9.87. The molecule has 2 N–H and O–H groups in total. The fourth-order valence-corrected chi connectivity index (χ4v) is 2.03. The second kappa shape index (κ2) is 7.22. The second-order valence-electron chi connectivity index (χ2n) is 6.50. The van der Waals surface area contributed by atoms with Gasteiger partial charge in [0, 0.05) is 24.6 Å². The van der Waals surface area contributed by atoms with E-state index >= 15 is 0 Å². The highest BCUT2D eigenvalue weighted by atomic mass is 16.1. The number of amides is 1. The van der Waals surface area contributed by atoms with Crippen molar-refractivity contribution >= 4 is 17.5 Å². The molecule has 1 amide bonds. The van der Waals surface area contributed by atoms with E-state index in [9.17, 15) is 4.79 Å². The Morgan fingerprint density at radius 3 is 2.22 bits per heavy atom. The molecule has 0 aliphatic heterocycles. The van der Waals surface area contributed by atoms with Crippen LogP contribution >= 0.6 is 0 Å². The molecule has 0 unspecified atom stereocenters. The van der Waals surface area contributed by atoms with Gasteiger partial charge in [-0.1, -0.05) is 39.8 Å². The number of rotatable bonds is 5. The van der Waals surface area contributed by atoms with E-state index in [1.807, 2.05) is 24.3 Å². The van der Waals surface area contributed by atoms with Crippen LogP contribution in [0.5, 0.6) is 0 Å². The molecule has 1 aromatic carbocycles. The quantitative estimate of drug-likeness (QED) is 0.880. The zero-order valence-electron chi connectivity index (χ0n) is 14.2. The Balaban J connectivity index is 2.01. The summed E-state index contributed by atoms with van der Waals surface area (Å²) in [5, 5.41) is 5.94. The normalized spacial score (nSPS) is 11.1. The van der Waals surface area contributed by atoms with Crippen LogP contribution in [0.3, 0.4) is 0 Å². The summed E-state index contributed by atoms with van der Waals surface area (Å²) in [7, 11) is 0. The van der Waals surface area contributed by atoms with E-state index in [1.165, 1.54) is 18.0 Å². The Bertz CT molecular complexity index is 642. The van der Waals surface area contributed by atoms with Crippen LogP contribution in [0, 0.1) is 0 Å². The first-order valence-corrected chi connectivity index (χ1v) is 7.88. The number of aromatic nitrogens is 2. The summed E-state index contributed by atoms with van der Waals surface area (Å²) in [5.74, 6) is 0.327. The molecule has 0 saturated carbocycles. The molecule has 0 radical (unpaired) electrons. The number of nitrogens with one attached hydrogen (secondary N) is 2. The highest BCUT2D eigenvalue weighted by Gasteiger charge is 2.13. The summed E-state index contributed by atoms with van der Waals surface area (Å²) in [6.45, 7) is 9.36. The first kappa shape index (κ1) is 16.9. The maximum Gasteiger partial charge on any atom is 0.258 e. The van der Waals surface area contributed by atoms with Crippen molar-refractivity contribution < 1.29 is 4.79 Å². The van der Waals surface area contributed by atoms with Crippen molar-refractivity contribution in [3.05, 3.63) is 47.8 Å². The second-order valence-corrected chi connectivity index (χ2v) is 6.50. The van der Waals surface area contributed by atoms with E-state index < -0.39 is 0 Å². The van der Waals surface area contributed by atoms with Gasteiger partial charge in [0.25, 0.3) is 5.91 Å². The molecule has 122 valence electrons. The van der Waals surface area contributed by atoms with Crippen LogP contribution in [0.2, 0.25) is 0 Å². The van der Waals surface area contributed by atoms with Crippen molar-refractivity contribution in [2.75, 3.05) is 17.2 Å². The maximum atomic E-state index is 12.2. The van der Waals surface area contributed by atoms with Crippen molar-refractivity contribution in [3.63, 3.8) is 0 Å².